The molecular formula is C8H10ClNO2S. The van der Waals surface area contributed by atoms with Gasteiger partial charge in [-0.2, -0.15) is 0 Å². The maximum Gasteiger partial charge on any atom is 0.213 e. The summed E-state index contributed by atoms with van der Waals surface area (Å²) in [5.41, 5.74) is 1.41. The molecule has 5 heteroatoms. The van der Waals surface area contributed by atoms with Crippen LogP contribution >= 0.6 is 11.6 Å². The van der Waals surface area contributed by atoms with Crippen molar-refractivity contribution < 1.29 is 8.42 Å². The van der Waals surface area contributed by atoms with Gasteiger partial charge in [0, 0.05) is 5.02 Å². The molecule has 2 N–H and O–H groups in total. The van der Waals surface area contributed by atoms with Crippen molar-refractivity contribution in [3.8, 4) is 0 Å². The molecule has 0 bridgehead atoms. The third-order valence-electron chi connectivity index (χ3n) is 1.74. The zero-order valence-electron chi connectivity index (χ0n) is 7.12. The van der Waals surface area contributed by atoms with Gasteiger partial charge in [-0.05, 0) is 24.1 Å². The first kappa shape index (κ1) is 10.5. The average molecular weight is 220 g/mol. The quantitative estimate of drug-likeness (QED) is 0.818. The molecule has 0 radical (unpaired) electrons. The van der Waals surface area contributed by atoms with Crippen LogP contribution in [-0.2, 0) is 15.8 Å². The Kier molecular flexibility index (Phi) is 2.95. The first-order valence-corrected chi connectivity index (χ1v) is 5.74. The van der Waals surface area contributed by atoms with Crippen LogP contribution in [0.2, 0.25) is 5.02 Å². The van der Waals surface area contributed by atoms with Crippen molar-refractivity contribution in [1.82, 2.24) is 0 Å². The maximum atomic E-state index is 10.8. The van der Waals surface area contributed by atoms with Crippen LogP contribution in [0.3, 0.4) is 0 Å². The van der Waals surface area contributed by atoms with Crippen molar-refractivity contribution in [1.29, 1.82) is 0 Å². The number of primary sulfonamides is 1. The van der Waals surface area contributed by atoms with E-state index in [9.17, 15) is 8.42 Å². The van der Waals surface area contributed by atoms with Gasteiger partial charge in [-0.3, -0.25) is 0 Å². The highest BCUT2D eigenvalue weighted by Gasteiger charge is 2.08. The summed E-state index contributed by atoms with van der Waals surface area (Å²) in [5.74, 6) is -0.167. The second-order valence-electron chi connectivity index (χ2n) is 2.83. The number of nitrogens with two attached hydrogens (primary N) is 1. The molecule has 0 unspecified atom stereocenters. The van der Waals surface area contributed by atoms with Crippen molar-refractivity contribution in [2.45, 2.75) is 12.7 Å². The van der Waals surface area contributed by atoms with E-state index in [0.29, 0.717) is 10.6 Å². The molecule has 0 fully saturated rings. The molecule has 0 saturated heterocycles. The van der Waals surface area contributed by atoms with Crippen LogP contribution in [0.5, 0.6) is 0 Å². The monoisotopic (exact) mass is 219 g/mol. The molecule has 0 amide bonds. The molecule has 72 valence electrons. The number of hydrogen-bond donors (Lipinski definition) is 1. The van der Waals surface area contributed by atoms with Crippen LogP contribution in [0.4, 0.5) is 0 Å². The molecule has 3 nitrogen and oxygen atoms in total. The lowest BCUT2D eigenvalue weighted by Crippen LogP contribution is -2.15. The van der Waals surface area contributed by atoms with E-state index in [1.54, 1.807) is 25.1 Å². The minimum atomic E-state index is -3.48. The largest absolute Gasteiger partial charge is 0.228 e. The van der Waals surface area contributed by atoms with Crippen LogP contribution < -0.4 is 5.14 Å². The van der Waals surface area contributed by atoms with Gasteiger partial charge in [-0.25, -0.2) is 13.6 Å². The Balaban J connectivity index is 3.10. The van der Waals surface area contributed by atoms with Crippen LogP contribution in [0.1, 0.15) is 11.1 Å². The Hall–Kier alpha value is -0.580. The van der Waals surface area contributed by atoms with Crippen molar-refractivity contribution in [2.24, 2.45) is 5.14 Å². The maximum absolute atomic E-state index is 10.8. The minimum Gasteiger partial charge on any atom is -0.228 e. The second kappa shape index (κ2) is 3.65. The molecule has 0 saturated carbocycles. The third-order valence-corrected chi connectivity index (χ3v) is 2.86. The van der Waals surface area contributed by atoms with Gasteiger partial charge in [0.1, 0.15) is 0 Å². The standard InChI is InChI=1S/C8H10ClNO2S/c1-6-7(5-13(10,11)12)3-2-4-8(6)9/h2-4H,5H2,1H3,(H2,10,11,12). The van der Waals surface area contributed by atoms with Gasteiger partial charge in [-0.15, -0.1) is 0 Å². The molecule has 0 aromatic heterocycles. The Morgan fingerprint density at radius 1 is 1.46 bits per heavy atom. The van der Waals surface area contributed by atoms with E-state index in [-0.39, 0.29) is 5.75 Å². The lowest BCUT2D eigenvalue weighted by Gasteiger charge is -2.05. The van der Waals surface area contributed by atoms with Crippen LogP contribution in [0.15, 0.2) is 18.2 Å². The SMILES string of the molecule is Cc1c(Cl)cccc1CS(N)(=O)=O. The zero-order chi connectivity index (χ0) is 10.1. The minimum absolute atomic E-state index is 0.167. The predicted molar refractivity (Wildman–Crippen MR) is 53.0 cm³/mol. The number of benzene rings is 1. The molecule has 0 aliphatic carbocycles. The lowest BCUT2D eigenvalue weighted by molar-refractivity contribution is 0.597. The van der Waals surface area contributed by atoms with Gasteiger partial charge in [0.2, 0.25) is 10.0 Å². The van der Waals surface area contributed by atoms with Crippen molar-refractivity contribution in [2.75, 3.05) is 0 Å². The highest BCUT2D eigenvalue weighted by Crippen LogP contribution is 2.19. The summed E-state index contributed by atoms with van der Waals surface area (Å²) in [6.45, 7) is 1.77. The van der Waals surface area contributed by atoms with E-state index in [4.69, 9.17) is 16.7 Å². The lowest BCUT2D eigenvalue weighted by atomic mass is 10.1. The summed E-state index contributed by atoms with van der Waals surface area (Å²) in [5, 5.41) is 5.47. The summed E-state index contributed by atoms with van der Waals surface area (Å²) in [6.07, 6.45) is 0. The Morgan fingerprint density at radius 3 is 2.62 bits per heavy atom. The van der Waals surface area contributed by atoms with Crippen LogP contribution in [-0.4, -0.2) is 8.42 Å². The van der Waals surface area contributed by atoms with Crippen molar-refractivity contribution in [3.05, 3.63) is 34.3 Å². The smallest absolute Gasteiger partial charge is 0.213 e. The normalized spacial score (nSPS) is 11.6. The summed E-state index contributed by atoms with van der Waals surface area (Å²) in [6, 6.07) is 5.12. The summed E-state index contributed by atoms with van der Waals surface area (Å²) < 4.78 is 21.6. The first-order chi connectivity index (χ1) is 5.90. The fraction of sp³-hybridized carbons (Fsp3) is 0.250. The van der Waals surface area contributed by atoms with Gasteiger partial charge in [0.15, 0.2) is 0 Å². The van der Waals surface area contributed by atoms with E-state index < -0.39 is 10.0 Å². The predicted octanol–water partition coefficient (Wildman–Crippen LogP) is 1.44. The Labute approximate surface area is 82.6 Å². The number of rotatable bonds is 2. The van der Waals surface area contributed by atoms with Gasteiger partial charge in [0.25, 0.3) is 0 Å². The molecule has 13 heavy (non-hydrogen) atoms. The third kappa shape index (κ3) is 2.99. The molecule has 0 heterocycles. The number of hydrogen-bond acceptors (Lipinski definition) is 2. The second-order valence-corrected chi connectivity index (χ2v) is 4.85. The van der Waals surface area contributed by atoms with Gasteiger partial charge in [-0.1, -0.05) is 23.7 Å². The summed E-state index contributed by atoms with van der Waals surface area (Å²) in [7, 11) is -3.48. The topological polar surface area (TPSA) is 60.2 Å². The van der Waals surface area contributed by atoms with E-state index in [2.05, 4.69) is 0 Å². The highest BCUT2D eigenvalue weighted by atomic mass is 35.5. The van der Waals surface area contributed by atoms with E-state index >= 15 is 0 Å². The summed E-state index contributed by atoms with van der Waals surface area (Å²) in [4.78, 5) is 0. The highest BCUT2D eigenvalue weighted by molar-refractivity contribution is 7.88. The molecule has 0 aliphatic rings. The fourth-order valence-corrected chi connectivity index (χ4v) is 1.97. The van der Waals surface area contributed by atoms with Gasteiger partial charge < -0.3 is 0 Å². The zero-order valence-corrected chi connectivity index (χ0v) is 8.69. The van der Waals surface area contributed by atoms with E-state index in [1.807, 2.05) is 0 Å². The van der Waals surface area contributed by atoms with Crippen molar-refractivity contribution >= 4 is 21.6 Å². The summed E-state index contributed by atoms with van der Waals surface area (Å²) >= 11 is 5.81. The van der Waals surface area contributed by atoms with E-state index in [0.717, 1.165) is 5.56 Å². The first-order valence-electron chi connectivity index (χ1n) is 3.64. The molecular weight excluding hydrogens is 210 g/mol. The molecule has 1 aromatic carbocycles. The molecule has 0 atom stereocenters. The molecule has 0 aliphatic heterocycles. The Morgan fingerprint density at radius 2 is 2.08 bits per heavy atom. The van der Waals surface area contributed by atoms with Gasteiger partial charge in [0.05, 0.1) is 5.75 Å². The fourth-order valence-electron chi connectivity index (χ4n) is 1.03. The molecule has 1 rings (SSSR count). The number of sulfonamides is 1. The number of halogens is 1. The van der Waals surface area contributed by atoms with Crippen LogP contribution in [0.25, 0.3) is 0 Å². The van der Waals surface area contributed by atoms with Gasteiger partial charge >= 0.3 is 0 Å². The van der Waals surface area contributed by atoms with E-state index in [1.165, 1.54) is 0 Å². The molecule has 0 spiro atoms. The Bertz CT molecular complexity index is 414. The molecule has 1 aromatic rings. The van der Waals surface area contributed by atoms with Crippen molar-refractivity contribution in [3.63, 3.8) is 0 Å². The average Bonchev–Trinajstić information content (AvgIpc) is 1.96. The van der Waals surface area contributed by atoms with Crippen LogP contribution in [0, 0.1) is 6.92 Å².